The van der Waals surface area contributed by atoms with Gasteiger partial charge in [-0.05, 0) is 106 Å². The Labute approximate surface area is 230 Å². The summed E-state index contributed by atoms with van der Waals surface area (Å²) >= 11 is 7.77. The largest absolute Gasteiger partial charge is 0.484 e. The molecule has 0 atom stereocenters. The summed E-state index contributed by atoms with van der Waals surface area (Å²) in [6.07, 6.45) is 1.68. The van der Waals surface area contributed by atoms with E-state index in [2.05, 4.69) is 37.2 Å². The molecule has 1 aliphatic rings. The zero-order valence-corrected chi connectivity index (χ0v) is 23.5. The molecule has 0 spiro atoms. The molecule has 0 saturated carbocycles. The van der Waals surface area contributed by atoms with Crippen molar-refractivity contribution in [1.29, 1.82) is 0 Å². The predicted octanol–water partition coefficient (Wildman–Crippen LogP) is 7.08. The number of anilines is 1. The fraction of sp³-hybridized carbons (Fsp3) is 0.148. The Hall–Kier alpha value is -2.88. The number of ether oxygens (including phenoxy) is 1. The van der Waals surface area contributed by atoms with Crippen molar-refractivity contribution in [3.63, 3.8) is 0 Å². The second-order valence-corrected chi connectivity index (χ2v) is 11.0. The molecule has 0 aliphatic carbocycles. The normalized spacial score (nSPS) is 14.4. The fourth-order valence-corrected chi connectivity index (χ4v) is 5.09. The molecule has 36 heavy (non-hydrogen) atoms. The van der Waals surface area contributed by atoms with Gasteiger partial charge in [-0.1, -0.05) is 40.2 Å². The number of imide groups is 1. The van der Waals surface area contributed by atoms with Crippen LogP contribution in [0.3, 0.4) is 0 Å². The van der Waals surface area contributed by atoms with Crippen LogP contribution in [0, 0.1) is 13.8 Å². The third-order valence-corrected chi connectivity index (χ3v) is 7.62. The van der Waals surface area contributed by atoms with E-state index in [0.717, 1.165) is 43.0 Å². The topological polar surface area (TPSA) is 75.7 Å². The molecule has 0 radical (unpaired) electrons. The zero-order valence-electron chi connectivity index (χ0n) is 19.5. The van der Waals surface area contributed by atoms with Gasteiger partial charge in [-0.15, -0.1) is 0 Å². The SMILES string of the molecule is Cc1cc(Br)c(NC(=O)COc2ccc(/C=C3/SC(=O)N(Cc4ccc(Br)cc4)C3=O)cc2)cc1C. The minimum Gasteiger partial charge on any atom is -0.484 e. The van der Waals surface area contributed by atoms with Crippen LogP contribution in [0.2, 0.25) is 0 Å². The minimum atomic E-state index is -0.317. The number of nitrogens with zero attached hydrogens (tertiary/aromatic N) is 1. The van der Waals surface area contributed by atoms with Crippen LogP contribution in [-0.2, 0) is 16.1 Å². The standard InChI is InChI=1S/C27H22Br2N2O4S/c1-16-11-22(29)23(12-17(16)2)30-25(32)15-35-21-9-5-18(6-10-21)13-24-26(33)31(27(34)36-24)14-19-3-7-20(28)8-4-19/h3-13H,14-15H2,1-2H3,(H,30,32)/b24-13+. The Bertz CT molecular complexity index is 1360. The molecule has 3 amide bonds. The molecule has 0 aromatic heterocycles. The molecule has 0 unspecified atom stereocenters. The lowest BCUT2D eigenvalue weighted by atomic mass is 10.1. The number of thioether (sulfide) groups is 1. The third kappa shape index (κ3) is 6.46. The maximum atomic E-state index is 12.8. The summed E-state index contributed by atoms with van der Waals surface area (Å²) in [6.45, 7) is 4.07. The van der Waals surface area contributed by atoms with Crippen molar-refractivity contribution < 1.29 is 19.1 Å². The van der Waals surface area contributed by atoms with Gasteiger partial charge in [0.15, 0.2) is 6.61 Å². The van der Waals surface area contributed by atoms with Crippen LogP contribution in [0.1, 0.15) is 22.3 Å². The smallest absolute Gasteiger partial charge is 0.293 e. The molecule has 3 aromatic carbocycles. The van der Waals surface area contributed by atoms with Gasteiger partial charge >= 0.3 is 0 Å². The highest BCUT2D eigenvalue weighted by atomic mass is 79.9. The first-order valence-electron chi connectivity index (χ1n) is 11.0. The van der Waals surface area contributed by atoms with Crippen LogP contribution < -0.4 is 10.1 Å². The number of halogens is 2. The summed E-state index contributed by atoms with van der Waals surface area (Å²) in [5, 5.41) is 2.55. The van der Waals surface area contributed by atoms with E-state index >= 15 is 0 Å². The van der Waals surface area contributed by atoms with E-state index in [4.69, 9.17) is 4.74 Å². The number of carbonyl (C=O) groups is 3. The molecule has 0 bridgehead atoms. The Morgan fingerprint density at radius 1 is 1.00 bits per heavy atom. The van der Waals surface area contributed by atoms with Gasteiger partial charge in [0.1, 0.15) is 5.75 Å². The van der Waals surface area contributed by atoms with Crippen molar-refractivity contribution in [3.05, 3.63) is 96.8 Å². The van der Waals surface area contributed by atoms with Gasteiger partial charge in [0.25, 0.3) is 17.1 Å². The summed E-state index contributed by atoms with van der Waals surface area (Å²) < 4.78 is 7.35. The first-order chi connectivity index (χ1) is 17.2. The highest BCUT2D eigenvalue weighted by molar-refractivity contribution is 9.10. The van der Waals surface area contributed by atoms with Gasteiger partial charge in [0.2, 0.25) is 0 Å². The van der Waals surface area contributed by atoms with Gasteiger partial charge in [-0.2, -0.15) is 0 Å². The summed E-state index contributed by atoms with van der Waals surface area (Å²) in [5.41, 5.74) is 4.52. The fourth-order valence-electron chi connectivity index (χ4n) is 3.43. The first kappa shape index (κ1) is 26.2. The minimum absolute atomic E-state index is 0.145. The molecular weight excluding hydrogens is 608 g/mol. The average Bonchev–Trinajstić information content (AvgIpc) is 3.10. The highest BCUT2D eigenvalue weighted by Crippen LogP contribution is 2.33. The van der Waals surface area contributed by atoms with Gasteiger partial charge in [-0.3, -0.25) is 19.3 Å². The summed E-state index contributed by atoms with van der Waals surface area (Å²) in [6, 6.07) is 18.3. The number of amides is 3. The lowest BCUT2D eigenvalue weighted by Gasteiger charge is -2.12. The van der Waals surface area contributed by atoms with Gasteiger partial charge in [0, 0.05) is 8.95 Å². The molecule has 1 aliphatic heterocycles. The molecule has 1 heterocycles. The maximum Gasteiger partial charge on any atom is 0.293 e. The van der Waals surface area contributed by atoms with E-state index in [0.29, 0.717) is 16.3 Å². The predicted molar refractivity (Wildman–Crippen MR) is 150 cm³/mol. The number of benzene rings is 3. The number of hydrogen-bond acceptors (Lipinski definition) is 5. The van der Waals surface area contributed by atoms with Crippen molar-refractivity contribution >= 4 is 72.4 Å². The number of hydrogen-bond donors (Lipinski definition) is 1. The van der Waals surface area contributed by atoms with Crippen LogP contribution in [0.4, 0.5) is 10.5 Å². The van der Waals surface area contributed by atoms with Crippen LogP contribution in [0.25, 0.3) is 6.08 Å². The van der Waals surface area contributed by atoms with Crippen molar-refractivity contribution in [1.82, 2.24) is 4.90 Å². The lowest BCUT2D eigenvalue weighted by molar-refractivity contribution is -0.123. The van der Waals surface area contributed by atoms with Crippen LogP contribution in [0.15, 0.2) is 74.5 Å². The average molecular weight is 630 g/mol. The number of rotatable bonds is 7. The lowest BCUT2D eigenvalue weighted by Crippen LogP contribution is -2.27. The van der Waals surface area contributed by atoms with Gasteiger partial charge in [0.05, 0.1) is 17.1 Å². The van der Waals surface area contributed by atoms with Gasteiger partial charge in [-0.25, -0.2) is 0 Å². The van der Waals surface area contributed by atoms with E-state index in [9.17, 15) is 14.4 Å². The van der Waals surface area contributed by atoms with Crippen molar-refractivity contribution in [2.45, 2.75) is 20.4 Å². The van der Waals surface area contributed by atoms with Gasteiger partial charge < -0.3 is 10.1 Å². The molecular formula is C27H22Br2N2O4S. The van der Waals surface area contributed by atoms with E-state index in [-0.39, 0.29) is 30.2 Å². The maximum absolute atomic E-state index is 12.8. The summed E-state index contributed by atoms with van der Waals surface area (Å²) in [4.78, 5) is 39.1. The van der Waals surface area contributed by atoms with E-state index in [1.54, 1.807) is 30.3 Å². The molecule has 1 saturated heterocycles. The van der Waals surface area contributed by atoms with Crippen LogP contribution >= 0.6 is 43.6 Å². The van der Waals surface area contributed by atoms with Crippen molar-refractivity contribution in [3.8, 4) is 5.75 Å². The highest BCUT2D eigenvalue weighted by Gasteiger charge is 2.34. The molecule has 3 aromatic rings. The van der Waals surface area contributed by atoms with Crippen molar-refractivity contribution in [2.75, 3.05) is 11.9 Å². The molecule has 184 valence electrons. The second kappa shape index (κ2) is 11.5. The van der Waals surface area contributed by atoms with E-state index in [1.165, 1.54) is 4.90 Å². The molecule has 1 N–H and O–H groups in total. The molecule has 1 fully saturated rings. The molecule has 9 heteroatoms. The summed E-state index contributed by atoms with van der Waals surface area (Å²) in [7, 11) is 0. The van der Waals surface area contributed by atoms with E-state index < -0.39 is 0 Å². The first-order valence-corrected chi connectivity index (χ1v) is 13.4. The van der Waals surface area contributed by atoms with Crippen LogP contribution in [0.5, 0.6) is 5.75 Å². The Morgan fingerprint density at radius 3 is 2.36 bits per heavy atom. The quantitative estimate of drug-likeness (QED) is 0.283. The third-order valence-electron chi connectivity index (χ3n) is 5.53. The Balaban J connectivity index is 1.34. The Morgan fingerprint density at radius 2 is 1.67 bits per heavy atom. The zero-order chi connectivity index (χ0) is 25.8. The number of nitrogens with one attached hydrogen (secondary N) is 1. The van der Waals surface area contributed by atoms with Crippen LogP contribution in [-0.4, -0.2) is 28.6 Å². The summed E-state index contributed by atoms with van der Waals surface area (Å²) in [5.74, 6) is -0.0744. The monoisotopic (exact) mass is 628 g/mol. The number of carbonyl (C=O) groups excluding carboxylic acids is 3. The Kier molecular flexibility index (Phi) is 8.33. The molecule has 6 nitrogen and oxygen atoms in total. The van der Waals surface area contributed by atoms with Crippen molar-refractivity contribution in [2.24, 2.45) is 0 Å². The molecule has 4 rings (SSSR count). The number of aryl methyl sites for hydroxylation is 2. The second-order valence-electron chi connectivity index (χ2n) is 8.22. The van der Waals surface area contributed by atoms with E-state index in [1.807, 2.05) is 50.2 Å².